The van der Waals surface area contributed by atoms with Crippen LogP contribution in [0.5, 0.6) is 0 Å². The van der Waals surface area contributed by atoms with Crippen LogP contribution in [0.1, 0.15) is 35.6 Å². The maximum atomic E-state index is 11.9. The lowest BCUT2D eigenvalue weighted by atomic mass is 10.2. The van der Waals surface area contributed by atoms with Gasteiger partial charge in [0.2, 0.25) is 0 Å². The highest BCUT2D eigenvalue weighted by atomic mass is 32.1. The Balaban J connectivity index is 2.13. The smallest absolute Gasteiger partial charge is 0.270 e. The lowest BCUT2D eigenvalue weighted by Gasteiger charge is -2.09. The summed E-state index contributed by atoms with van der Waals surface area (Å²) in [5.41, 5.74) is 0.515. The fourth-order valence-electron chi connectivity index (χ4n) is 1.44. The average Bonchev–Trinajstić information content (AvgIpc) is 2.96. The molecule has 0 aliphatic heterocycles. The molecule has 2 rings (SSSR count). The van der Waals surface area contributed by atoms with E-state index in [0.717, 1.165) is 16.3 Å². The number of aromatic nitrogens is 1. The first-order chi connectivity index (χ1) is 8.60. The van der Waals surface area contributed by atoms with Crippen LogP contribution in [0.25, 0.3) is 9.88 Å². The summed E-state index contributed by atoms with van der Waals surface area (Å²) in [7, 11) is 0. The zero-order valence-electron chi connectivity index (χ0n) is 10.7. The summed E-state index contributed by atoms with van der Waals surface area (Å²) in [5.74, 6) is -0.0832. The number of carbonyl (C=O) groups excluding carboxylic acids is 1. The summed E-state index contributed by atoms with van der Waals surface area (Å²) in [5, 5.41) is 5.66. The Morgan fingerprint density at radius 3 is 2.89 bits per heavy atom. The Morgan fingerprint density at radius 1 is 1.50 bits per heavy atom. The Labute approximate surface area is 115 Å². The van der Waals surface area contributed by atoms with Crippen LogP contribution in [0, 0.1) is 6.92 Å². The Bertz CT molecular complexity index is 545. The lowest BCUT2D eigenvalue weighted by molar-refractivity contribution is 0.0935. The van der Waals surface area contributed by atoms with Crippen molar-refractivity contribution in [2.24, 2.45) is 0 Å². The number of rotatable bonds is 4. The molecular weight excluding hydrogens is 264 g/mol. The highest BCUT2D eigenvalue weighted by Gasteiger charge is 2.14. The summed E-state index contributed by atoms with van der Waals surface area (Å²) < 4.78 is 0. The van der Waals surface area contributed by atoms with Crippen molar-refractivity contribution < 1.29 is 4.79 Å². The molecule has 0 saturated carbocycles. The van der Waals surface area contributed by atoms with Crippen molar-refractivity contribution in [1.29, 1.82) is 0 Å². The first-order valence-electron chi connectivity index (χ1n) is 5.93. The van der Waals surface area contributed by atoms with Crippen LogP contribution in [0.2, 0.25) is 0 Å². The molecule has 2 aromatic rings. The molecular formula is C13H16N2OS2. The van der Waals surface area contributed by atoms with E-state index in [2.05, 4.69) is 29.4 Å². The van der Waals surface area contributed by atoms with Gasteiger partial charge in [-0.15, -0.1) is 22.7 Å². The van der Waals surface area contributed by atoms with Gasteiger partial charge < -0.3 is 5.32 Å². The van der Waals surface area contributed by atoms with Crippen LogP contribution in [-0.2, 0) is 0 Å². The first-order valence-corrected chi connectivity index (χ1v) is 7.63. The third-order valence-corrected chi connectivity index (χ3v) is 4.69. The lowest BCUT2D eigenvalue weighted by Crippen LogP contribution is -2.32. The number of nitrogens with zero attached hydrogens (tertiary/aromatic N) is 1. The molecule has 0 unspecified atom stereocenters. The maximum Gasteiger partial charge on any atom is 0.270 e. The van der Waals surface area contributed by atoms with Crippen molar-refractivity contribution >= 4 is 28.6 Å². The Morgan fingerprint density at radius 2 is 2.28 bits per heavy atom. The van der Waals surface area contributed by atoms with Crippen molar-refractivity contribution in [3.63, 3.8) is 0 Å². The van der Waals surface area contributed by atoms with E-state index in [1.807, 2.05) is 19.2 Å². The zero-order valence-corrected chi connectivity index (χ0v) is 12.3. The van der Waals surface area contributed by atoms with E-state index in [9.17, 15) is 4.79 Å². The van der Waals surface area contributed by atoms with Crippen molar-refractivity contribution in [2.45, 2.75) is 33.2 Å². The number of nitrogens with one attached hydrogen (secondary N) is 1. The SMILES string of the molecule is CC[C@H](C)NC(=O)c1csc(-c2ccc(C)s2)n1. The van der Waals surface area contributed by atoms with Gasteiger partial charge in [-0.3, -0.25) is 4.79 Å². The van der Waals surface area contributed by atoms with E-state index in [4.69, 9.17) is 0 Å². The van der Waals surface area contributed by atoms with Crippen LogP contribution in [0.4, 0.5) is 0 Å². The average molecular weight is 280 g/mol. The van der Waals surface area contributed by atoms with E-state index < -0.39 is 0 Å². The van der Waals surface area contributed by atoms with Gasteiger partial charge in [-0.25, -0.2) is 4.98 Å². The second-order valence-corrected chi connectivity index (χ2v) is 6.38. The number of thiazole rings is 1. The molecule has 0 aromatic carbocycles. The van der Waals surface area contributed by atoms with E-state index in [-0.39, 0.29) is 11.9 Å². The third kappa shape index (κ3) is 2.97. The maximum absolute atomic E-state index is 11.9. The van der Waals surface area contributed by atoms with Crippen molar-refractivity contribution in [3.8, 4) is 9.88 Å². The number of hydrogen-bond donors (Lipinski definition) is 1. The number of carbonyl (C=O) groups is 1. The fraction of sp³-hybridized carbons (Fsp3) is 0.385. The molecule has 3 nitrogen and oxygen atoms in total. The molecule has 0 fully saturated rings. The summed E-state index contributed by atoms with van der Waals surface area (Å²) in [6.45, 7) is 6.11. The van der Waals surface area contributed by atoms with E-state index in [1.54, 1.807) is 11.3 Å². The molecule has 5 heteroatoms. The predicted octanol–water partition coefficient (Wildman–Crippen LogP) is 3.71. The third-order valence-electron chi connectivity index (χ3n) is 2.68. The molecule has 1 atom stereocenters. The van der Waals surface area contributed by atoms with Crippen LogP contribution >= 0.6 is 22.7 Å². The minimum atomic E-state index is -0.0832. The second kappa shape index (κ2) is 5.63. The minimum absolute atomic E-state index is 0.0832. The van der Waals surface area contributed by atoms with Crippen LogP contribution in [-0.4, -0.2) is 16.9 Å². The molecule has 1 N–H and O–H groups in total. The van der Waals surface area contributed by atoms with Crippen molar-refractivity contribution in [1.82, 2.24) is 10.3 Å². The zero-order chi connectivity index (χ0) is 13.1. The molecule has 2 aromatic heterocycles. The highest BCUT2D eigenvalue weighted by molar-refractivity contribution is 7.21. The van der Waals surface area contributed by atoms with E-state index in [0.29, 0.717) is 5.69 Å². The molecule has 0 aliphatic rings. The first kappa shape index (κ1) is 13.2. The topological polar surface area (TPSA) is 42.0 Å². The molecule has 0 aliphatic carbocycles. The molecule has 2 heterocycles. The quantitative estimate of drug-likeness (QED) is 0.927. The predicted molar refractivity (Wildman–Crippen MR) is 77.4 cm³/mol. The minimum Gasteiger partial charge on any atom is -0.348 e. The Hall–Kier alpha value is -1.20. The number of hydrogen-bond acceptors (Lipinski definition) is 4. The molecule has 0 saturated heterocycles. The Kier molecular flexibility index (Phi) is 4.14. The summed E-state index contributed by atoms with van der Waals surface area (Å²) >= 11 is 3.22. The molecule has 18 heavy (non-hydrogen) atoms. The number of thiophene rings is 1. The van der Waals surface area contributed by atoms with Gasteiger partial charge in [0.25, 0.3) is 5.91 Å². The van der Waals surface area contributed by atoms with Gasteiger partial charge in [0.05, 0.1) is 4.88 Å². The molecule has 96 valence electrons. The summed E-state index contributed by atoms with van der Waals surface area (Å²) in [6.07, 6.45) is 0.923. The summed E-state index contributed by atoms with van der Waals surface area (Å²) in [4.78, 5) is 18.7. The van der Waals surface area contributed by atoms with Gasteiger partial charge in [0.15, 0.2) is 0 Å². The van der Waals surface area contributed by atoms with Crippen molar-refractivity contribution in [2.75, 3.05) is 0 Å². The summed E-state index contributed by atoms with van der Waals surface area (Å²) in [6, 6.07) is 4.31. The number of amides is 1. The molecule has 0 radical (unpaired) electrons. The van der Waals surface area contributed by atoms with Crippen LogP contribution in [0.15, 0.2) is 17.5 Å². The molecule has 1 amide bonds. The van der Waals surface area contributed by atoms with Gasteiger partial charge in [-0.1, -0.05) is 6.92 Å². The molecule has 0 bridgehead atoms. The van der Waals surface area contributed by atoms with Gasteiger partial charge in [-0.2, -0.15) is 0 Å². The van der Waals surface area contributed by atoms with E-state index >= 15 is 0 Å². The van der Waals surface area contributed by atoms with Gasteiger partial charge in [0.1, 0.15) is 10.7 Å². The van der Waals surface area contributed by atoms with Gasteiger partial charge >= 0.3 is 0 Å². The monoisotopic (exact) mass is 280 g/mol. The fourth-order valence-corrected chi connectivity index (χ4v) is 3.18. The molecule has 0 spiro atoms. The van der Waals surface area contributed by atoms with Gasteiger partial charge in [-0.05, 0) is 32.4 Å². The highest BCUT2D eigenvalue weighted by Crippen LogP contribution is 2.30. The number of aryl methyl sites for hydroxylation is 1. The van der Waals surface area contributed by atoms with Gasteiger partial charge in [0, 0.05) is 16.3 Å². The standard InChI is InChI=1S/C13H16N2OS2/c1-4-8(2)14-12(16)10-7-17-13(15-10)11-6-5-9(3)18-11/h5-8H,4H2,1-3H3,(H,14,16)/t8-/m0/s1. The normalized spacial score (nSPS) is 12.4. The van der Waals surface area contributed by atoms with Crippen LogP contribution in [0.3, 0.4) is 0 Å². The second-order valence-electron chi connectivity index (χ2n) is 4.23. The van der Waals surface area contributed by atoms with Crippen molar-refractivity contribution in [3.05, 3.63) is 28.1 Å². The van der Waals surface area contributed by atoms with Crippen LogP contribution < -0.4 is 5.32 Å². The largest absolute Gasteiger partial charge is 0.348 e. The van der Waals surface area contributed by atoms with E-state index in [1.165, 1.54) is 16.2 Å².